The van der Waals surface area contributed by atoms with Crippen LogP contribution in [0.5, 0.6) is 17.2 Å². The van der Waals surface area contributed by atoms with E-state index in [4.69, 9.17) is 14.2 Å². The minimum atomic E-state index is -0.168. The third kappa shape index (κ3) is 4.55. The maximum absolute atomic E-state index is 10.6. The molecule has 2 atom stereocenters. The number of hydrogen-bond acceptors (Lipinski definition) is 5. The van der Waals surface area contributed by atoms with E-state index in [-0.39, 0.29) is 4.75 Å². The average molecular weight is 415 g/mol. The number of fused-ring (bicyclic) bond motifs is 1. The summed E-state index contributed by atoms with van der Waals surface area (Å²) in [6.07, 6.45) is 7.98. The highest BCUT2D eigenvalue weighted by atomic mass is 32.2. The summed E-state index contributed by atoms with van der Waals surface area (Å²) in [5.74, 6) is 2.91. The zero-order valence-corrected chi connectivity index (χ0v) is 18.3. The van der Waals surface area contributed by atoms with Crippen LogP contribution >= 0.6 is 11.8 Å². The average Bonchev–Trinajstić information content (AvgIpc) is 2.78. The highest BCUT2D eigenvalue weighted by molar-refractivity contribution is 7.99. The summed E-state index contributed by atoms with van der Waals surface area (Å²) in [7, 11) is 3.37. The molecule has 0 amide bonds. The Labute approximate surface area is 177 Å². The molecule has 0 spiro atoms. The van der Waals surface area contributed by atoms with Gasteiger partial charge in [0.25, 0.3) is 0 Å². The molecule has 0 radical (unpaired) electrons. The lowest BCUT2D eigenvalue weighted by Crippen LogP contribution is -2.40. The molecule has 0 aromatic heterocycles. The molecule has 1 aliphatic heterocycles. The van der Waals surface area contributed by atoms with E-state index in [2.05, 4.69) is 24.5 Å². The molecule has 0 bridgehead atoms. The third-order valence-corrected chi connectivity index (χ3v) is 7.23. The van der Waals surface area contributed by atoms with E-state index in [1.54, 1.807) is 14.2 Å². The van der Waals surface area contributed by atoms with Gasteiger partial charge in [-0.3, -0.25) is 0 Å². The Balaban J connectivity index is 1.96. The van der Waals surface area contributed by atoms with Gasteiger partial charge in [0.2, 0.25) is 0 Å². The van der Waals surface area contributed by atoms with Gasteiger partial charge in [0, 0.05) is 18.4 Å². The first-order valence-corrected chi connectivity index (χ1v) is 11.3. The summed E-state index contributed by atoms with van der Waals surface area (Å²) in [4.78, 5) is 10.6. The minimum Gasteiger partial charge on any atom is -0.497 e. The van der Waals surface area contributed by atoms with Crippen LogP contribution in [0.4, 0.5) is 0 Å². The number of carbonyl (C=O) groups is 1. The maximum atomic E-state index is 10.6. The Morgan fingerprint density at radius 3 is 2.45 bits per heavy atom. The van der Waals surface area contributed by atoms with Gasteiger partial charge in [-0.2, -0.15) is 0 Å². The molecule has 4 nitrogen and oxygen atoms in total. The number of benzene rings is 2. The van der Waals surface area contributed by atoms with Crippen LogP contribution in [0.25, 0.3) is 0 Å². The summed E-state index contributed by atoms with van der Waals surface area (Å²) in [5.41, 5.74) is 2.49. The van der Waals surface area contributed by atoms with Crippen molar-refractivity contribution in [3.63, 3.8) is 0 Å². The van der Waals surface area contributed by atoms with Gasteiger partial charge >= 0.3 is 0 Å². The van der Waals surface area contributed by atoms with Crippen molar-refractivity contribution in [2.45, 2.75) is 42.8 Å². The normalized spacial score (nSPS) is 20.4. The summed E-state index contributed by atoms with van der Waals surface area (Å²) in [6.45, 7) is 0.611. The van der Waals surface area contributed by atoms with Gasteiger partial charge < -0.3 is 19.0 Å². The summed E-state index contributed by atoms with van der Waals surface area (Å²) in [6, 6.07) is 14.5. The zero-order chi connectivity index (χ0) is 20.7. The van der Waals surface area contributed by atoms with Crippen LogP contribution in [-0.4, -0.2) is 33.4 Å². The maximum Gasteiger partial charge on any atom is 0.126 e. The molecule has 0 saturated heterocycles. The van der Waals surface area contributed by atoms with E-state index in [0.717, 1.165) is 49.2 Å². The van der Waals surface area contributed by atoms with Crippen molar-refractivity contribution in [1.29, 1.82) is 0 Å². The number of ether oxygens (including phenoxy) is 3. The van der Waals surface area contributed by atoms with E-state index in [0.29, 0.717) is 18.9 Å². The van der Waals surface area contributed by atoms with E-state index >= 15 is 0 Å². The molecule has 1 heterocycles. The van der Waals surface area contributed by atoms with Crippen molar-refractivity contribution in [3.05, 3.63) is 53.6 Å². The molecule has 3 rings (SSSR count). The molecular weight excluding hydrogens is 384 g/mol. The highest BCUT2D eigenvalue weighted by Crippen LogP contribution is 2.54. The lowest BCUT2D eigenvalue weighted by Gasteiger charge is -2.44. The molecule has 2 aromatic rings. The minimum absolute atomic E-state index is 0.168. The molecule has 0 aliphatic carbocycles. The smallest absolute Gasteiger partial charge is 0.126 e. The van der Waals surface area contributed by atoms with Crippen LogP contribution in [0, 0.1) is 0 Å². The Bertz CT molecular complexity index is 805. The van der Waals surface area contributed by atoms with Gasteiger partial charge in [0.1, 0.15) is 30.1 Å². The van der Waals surface area contributed by atoms with Crippen LogP contribution < -0.4 is 14.2 Å². The first-order chi connectivity index (χ1) is 14.2. The van der Waals surface area contributed by atoms with E-state index in [9.17, 15) is 4.79 Å². The van der Waals surface area contributed by atoms with Gasteiger partial charge in [0.05, 0.1) is 19.0 Å². The fourth-order valence-electron chi connectivity index (χ4n) is 4.21. The third-order valence-electron chi connectivity index (χ3n) is 5.86. The van der Waals surface area contributed by atoms with Gasteiger partial charge in [-0.25, -0.2) is 0 Å². The Morgan fingerprint density at radius 1 is 1.07 bits per heavy atom. The molecule has 0 saturated carbocycles. The number of hydrogen-bond donors (Lipinski definition) is 0. The molecule has 2 unspecified atom stereocenters. The lowest BCUT2D eigenvalue weighted by atomic mass is 9.76. The van der Waals surface area contributed by atoms with Gasteiger partial charge in [-0.15, -0.1) is 11.8 Å². The standard InChI is InChI=1S/C24H30O4S/c1-26-19-11-9-18(10-12-19)24(29-3)17-28-23-16-20(27-2)13-14-21(23)22(24)8-6-4-5-7-15-25/h9-16,22H,4-8,17H2,1-3H3. The monoisotopic (exact) mass is 414 g/mol. The Kier molecular flexibility index (Phi) is 7.48. The first kappa shape index (κ1) is 21.6. The van der Waals surface area contributed by atoms with E-state index in [1.165, 1.54) is 11.1 Å². The predicted molar refractivity (Wildman–Crippen MR) is 119 cm³/mol. The van der Waals surface area contributed by atoms with Crippen molar-refractivity contribution < 1.29 is 19.0 Å². The van der Waals surface area contributed by atoms with E-state index < -0.39 is 0 Å². The SMILES string of the molecule is COc1ccc(C2(SC)COc3cc(OC)ccc3C2CCCCCC=O)cc1. The summed E-state index contributed by atoms with van der Waals surface area (Å²) in [5, 5.41) is 0. The molecule has 1 aliphatic rings. The van der Waals surface area contributed by atoms with E-state index in [1.807, 2.05) is 36.0 Å². The lowest BCUT2D eigenvalue weighted by molar-refractivity contribution is -0.107. The fourth-order valence-corrected chi connectivity index (χ4v) is 5.29. The van der Waals surface area contributed by atoms with Crippen molar-refractivity contribution in [2.75, 3.05) is 27.1 Å². The molecule has 2 aromatic carbocycles. The van der Waals surface area contributed by atoms with Crippen molar-refractivity contribution >= 4 is 18.0 Å². The van der Waals surface area contributed by atoms with Crippen LogP contribution in [0.2, 0.25) is 0 Å². The topological polar surface area (TPSA) is 44.8 Å². The number of carbonyl (C=O) groups excluding carboxylic acids is 1. The fraction of sp³-hybridized carbons (Fsp3) is 0.458. The van der Waals surface area contributed by atoms with Crippen molar-refractivity contribution in [1.82, 2.24) is 0 Å². The molecule has 0 N–H and O–H groups in total. The van der Waals surface area contributed by atoms with Crippen LogP contribution in [0.1, 0.15) is 49.1 Å². The highest BCUT2D eigenvalue weighted by Gasteiger charge is 2.45. The van der Waals surface area contributed by atoms with Crippen LogP contribution in [-0.2, 0) is 9.54 Å². The number of unbranched alkanes of at least 4 members (excludes halogenated alkanes) is 3. The van der Waals surface area contributed by atoms with Gasteiger partial charge in [-0.05, 0) is 48.4 Å². The molecule has 0 fully saturated rings. The second-order valence-corrected chi connectivity index (χ2v) is 8.51. The molecule has 156 valence electrons. The largest absolute Gasteiger partial charge is 0.497 e. The number of methoxy groups -OCH3 is 2. The quantitative estimate of drug-likeness (QED) is 0.375. The second kappa shape index (κ2) is 10.1. The second-order valence-electron chi connectivity index (χ2n) is 7.37. The number of rotatable bonds is 10. The summed E-state index contributed by atoms with van der Waals surface area (Å²) >= 11 is 1.86. The zero-order valence-electron chi connectivity index (χ0n) is 17.5. The number of aldehydes is 1. The predicted octanol–water partition coefficient (Wildman–Crippen LogP) is 5.59. The van der Waals surface area contributed by atoms with Crippen LogP contribution in [0.3, 0.4) is 0 Å². The summed E-state index contributed by atoms with van der Waals surface area (Å²) < 4.78 is 16.9. The Morgan fingerprint density at radius 2 is 1.79 bits per heavy atom. The number of thioether (sulfide) groups is 1. The van der Waals surface area contributed by atoms with Gasteiger partial charge in [-0.1, -0.05) is 31.0 Å². The molecule has 29 heavy (non-hydrogen) atoms. The molecule has 5 heteroatoms. The Hall–Kier alpha value is -2.14. The van der Waals surface area contributed by atoms with Crippen LogP contribution in [0.15, 0.2) is 42.5 Å². The van der Waals surface area contributed by atoms with Crippen molar-refractivity contribution in [3.8, 4) is 17.2 Å². The molecular formula is C24H30O4S. The van der Waals surface area contributed by atoms with Gasteiger partial charge in [0.15, 0.2) is 0 Å². The first-order valence-electron chi connectivity index (χ1n) is 10.1. The van der Waals surface area contributed by atoms with Crippen molar-refractivity contribution in [2.24, 2.45) is 0 Å².